The zero-order valence-electron chi connectivity index (χ0n) is 5.00. The van der Waals surface area contributed by atoms with Crippen molar-refractivity contribution < 1.29 is 4.74 Å². The largest absolute Gasteiger partial charge is 0.494 e. The minimum Gasteiger partial charge on any atom is -0.494 e. The zero-order chi connectivity index (χ0) is 5.82. The van der Waals surface area contributed by atoms with Gasteiger partial charge in [0.05, 0.1) is 6.26 Å². The van der Waals surface area contributed by atoms with Crippen LogP contribution in [-0.4, -0.2) is 6.10 Å². The van der Waals surface area contributed by atoms with Gasteiger partial charge in [-0.1, -0.05) is 13.0 Å². The van der Waals surface area contributed by atoms with E-state index in [0.29, 0.717) is 6.10 Å². The summed E-state index contributed by atoms with van der Waals surface area (Å²) in [7, 11) is 0. The minimum absolute atomic E-state index is 0.319. The molecule has 0 unspecified atom stereocenters. The molecular weight excluding hydrogens is 100 g/mol. The van der Waals surface area contributed by atoms with Crippen molar-refractivity contribution in [2.75, 3.05) is 0 Å². The lowest BCUT2D eigenvalue weighted by Gasteiger charge is -2.11. The smallest absolute Gasteiger partial charge is 0.116 e. The first-order valence-electron chi connectivity index (χ1n) is 2.92. The minimum atomic E-state index is 0.319. The highest BCUT2D eigenvalue weighted by Gasteiger charge is 1.99. The van der Waals surface area contributed by atoms with Gasteiger partial charge in [-0.25, -0.2) is 0 Å². The first-order chi connectivity index (χ1) is 3.93. The van der Waals surface area contributed by atoms with Crippen LogP contribution in [0.25, 0.3) is 0 Å². The molecule has 1 aliphatic rings. The summed E-state index contributed by atoms with van der Waals surface area (Å²) in [6, 6.07) is 0. The average molecular weight is 110 g/mol. The Morgan fingerprint density at radius 3 is 2.75 bits per heavy atom. The molecule has 8 heavy (non-hydrogen) atoms. The van der Waals surface area contributed by atoms with E-state index >= 15 is 0 Å². The number of rotatable bonds is 1. The molecular formula is C7H10O. The fourth-order valence-corrected chi connectivity index (χ4v) is 0.657. The molecule has 44 valence electrons. The van der Waals surface area contributed by atoms with Gasteiger partial charge in [-0.15, -0.1) is 0 Å². The summed E-state index contributed by atoms with van der Waals surface area (Å²) >= 11 is 0. The fraction of sp³-hybridized carbons (Fsp3) is 0.429. The Morgan fingerprint density at radius 2 is 2.38 bits per heavy atom. The van der Waals surface area contributed by atoms with Crippen molar-refractivity contribution in [2.24, 2.45) is 0 Å². The molecule has 0 N–H and O–H groups in total. The molecule has 0 radical (unpaired) electrons. The summed E-state index contributed by atoms with van der Waals surface area (Å²) < 4.78 is 5.16. The first kappa shape index (κ1) is 5.42. The van der Waals surface area contributed by atoms with Gasteiger partial charge in [0.15, 0.2) is 0 Å². The quantitative estimate of drug-likeness (QED) is 0.500. The van der Waals surface area contributed by atoms with Crippen LogP contribution in [0, 0.1) is 0 Å². The predicted octanol–water partition coefficient (Wildman–Crippen LogP) is 1.87. The van der Waals surface area contributed by atoms with E-state index in [-0.39, 0.29) is 0 Å². The first-order valence-corrected chi connectivity index (χ1v) is 2.92. The van der Waals surface area contributed by atoms with Crippen LogP contribution < -0.4 is 0 Å². The molecule has 0 bridgehead atoms. The van der Waals surface area contributed by atoms with Crippen LogP contribution in [0.15, 0.2) is 24.5 Å². The molecule has 0 aromatic heterocycles. The summed E-state index contributed by atoms with van der Waals surface area (Å²) in [6.07, 6.45) is 9.07. The Hall–Kier alpha value is -0.720. The van der Waals surface area contributed by atoms with Crippen LogP contribution in [0.1, 0.15) is 13.3 Å². The Morgan fingerprint density at radius 1 is 1.50 bits per heavy atom. The molecule has 0 saturated carbocycles. The number of hydrogen-bond donors (Lipinski definition) is 0. The van der Waals surface area contributed by atoms with Gasteiger partial charge in [-0.2, -0.15) is 0 Å². The third-order valence-electron chi connectivity index (χ3n) is 1.17. The van der Waals surface area contributed by atoms with Crippen molar-refractivity contribution in [3.63, 3.8) is 0 Å². The fourth-order valence-electron chi connectivity index (χ4n) is 0.657. The average Bonchev–Trinajstić information content (AvgIpc) is 1.90. The van der Waals surface area contributed by atoms with Crippen LogP contribution >= 0.6 is 0 Å². The second kappa shape index (κ2) is 2.55. The Bertz CT molecular complexity index is 114. The van der Waals surface area contributed by atoms with E-state index < -0.39 is 0 Å². The maximum Gasteiger partial charge on any atom is 0.116 e. The summed E-state index contributed by atoms with van der Waals surface area (Å²) in [6.45, 7) is 2.11. The molecule has 1 heterocycles. The normalized spacial score (nSPS) is 25.4. The van der Waals surface area contributed by atoms with Crippen molar-refractivity contribution in [2.45, 2.75) is 19.4 Å². The molecule has 0 aliphatic carbocycles. The summed E-state index contributed by atoms with van der Waals surface area (Å²) in [5.41, 5.74) is 0. The number of allylic oxidation sites excluding steroid dienone is 2. The molecule has 1 rings (SSSR count). The van der Waals surface area contributed by atoms with Gasteiger partial charge < -0.3 is 4.74 Å². The second-order valence-corrected chi connectivity index (χ2v) is 1.80. The monoisotopic (exact) mass is 110 g/mol. The third-order valence-corrected chi connectivity index (χ3v) is 1.17. The predicted molar refractivity (Wildman–Crippen MR) is 33.4 cm³/mol. The van der Waals surface area contributed by atoms with E-state index in [4.69, 9.17) is 4.74 Å². The topological polar surface area (TPSA) is 9.23 Å². The van der Waals surface area contributed by atoms with E-state index in [0.717, 1.165) is 6.42 Å². The van der Waals surface area contributed by atoms with Gasteiger partial charge >= 0.3 is 0 Å². The van der Waals surface area contributed by atoms with Crippen LogP contribution in [0.3, 0.4) is 0 Å². The lowest BCUT2D eigenvalue weighted by atomic mass is 10.2. The van der Waals surface area contributed by atoms with Gasteiger partial charge in [-0.3, -0.25) is 0 Å². The molecule has 1 heteroatoms. The standard InChI is InChI=1S/C7H10O/c1-2-7-5-3-4-6-8-7/h3-7H,2H2,1H3/t7-/m0/s1. The van der Waals surface area contributed by atoms with E-state index in [1.165, 1.54) is 0 Å². The van der Waals surface area contributed by atoms with E-state index in [1.54, 1.807) is 6.26 Å². The van der Waals surface area contributed by atoms with Gasteiger partial charge in [0.1, 0.15) is 6.10 Å². The van der Waals surface area contributed by atoms with Crippen molar-refractivity contribution in [3.8, 4) is 0 Å². The molecule has 1 nitrogen and oxygen atoms in total. The number of ether oxygens (including phenoxy) is 1. The highest BCUT2D eigenvalue weighted by molar-refractivity contribution is 5.06. The molecule has 1 aliphatic heterocycles. The van der Waals surface area contributed by atoms with Gasteiger partial charge in [0, 0.05) is 0 Å². The SMILES string of the molecule is CC[C@H]1C=CC=CO1. The van der Waals surface area contributed by atoms with E-state index in [1.807, 2.05) is 12.2 Å². The van der Waals surface area contributed by atoms with Crippen LogP contribution in [0.4, 0.5) is 0 Å². The molecule has 0 spiro atoms. The van der Waals surface area contributed by atoms with Crippen molar-refractivity contribution in [1.82, 2.24) is 0 Å². The maximum atomic E-state index is 5.16. The van der Waals surface area contributed by atoms with Crippen LogP contribution in [-0.2, 0) is 4.74 Å². The molecule has 0 saturated heterocycles. The summed E-state index contributed by atoms with van der Waals surface area (Å²) in [5, 5.41) is 0. The van der Waals surface area contributed by atoms with Crippen LogP contribution in [0.5, 0.6) is 0 Å². The Labute approximate surface area is 49.7 Å². The Balaban J connectivity index is 2.40. The lowest BCUT2D eigenvalue weighted by Crippen LogP contribution is -2.04. The lowest BCUT2D eigenvalue weighted by molar-refractivity contribution is 0.179. The summed E-state index contributed by atoms with van der Waals surface area (Å²) in [5.74, 6) is 0. The van der Waals surface area contributed by atoms with Gasteiger partial charge in [0.25, 0.3) is 0 Å². The third kappa shape index (κ3) is 1.12. The van der Waals surface area contributed by atoms with Crippen molar-refractivity contribution >= 4 is 0 Å². The van der Waals surface area contributed by atoms with Crippen LogP contribution in [0.2, 0.25) is 0 Å². The molecule has 0 amide bonds. The molecule has 0 aromatic carbocycles. The maximum absolute atomic E-state index is 5.16. The zero-order valence-corrected chi connectivity index (χ0v) is 5.00. The van der Waals surface area contributed by atoms with E-state index in [2.05, 4.69) is 13.0 Å². The molecule has 1 atom stereocenters. The highest BCUT2D eigenvalue weighted by Crippen LogP contribution is 2.04. The van der Waals surface area contributed by atoms with Crippen molar-refractivity contribution in [3.05, 3.63) is 24.5 Å². The molecule has 0 aromatic rings. The Kier molecular flexibility index (Phi) is 1.73. The van der Waals surface area contributed by atoms with Gasteiger partial charge in [-0.05, 0) is 18.6 Å². The molecule has 0 fully saturated rings. The van der Waals surface area contributed by atoms with Crippen molar-refractivity contribution in [1.29, 1.82) is 0 Å². The highest BCUT2D eigenvalue weighted by atomic mass is 16.5. The number of hydrogen-bond acceptors (Lipinski definition) is 1. The second-order valence-electron chi connectivity index (χ2n) is 1.80. The van der Waals surface area contributed by atoms with E-state index in [9.17, 15) is 0 Å². The van der Waals surface area contributed by atoms with Gasteiger partial charge in [0.2, 0.25) is 0 Å². The summed E-state index contributed by atoms with van der Waals surface area (Å²) in [4.78, 5) is 0.